The molecule has 0 aromatic rings. The van der Waals surface area contributed by atoms with Crippen molar-refractivity contribution >= 4 is 5.84 Å². The van der Waals surface area contributed by atoms with Gasteiger partial charge in [-0.3, -0.25) is 0 Å². The van der Waals surface area contributed by atoms with Gasteiger partial charge in [0.1, 0.15) is 5.84 Å². The van der Waals surface area contributed by atoms with Crippen LogP contribution in [-0.2, 0) is 0 Å². The van der Waals surface area contributed by atoms with Crippen LogP contribution in [0.25, 0.3) is 0 Å². The van der Waals surface area contributed by atoms with Gasteiger partial charge in [-0.25, -0.2) is 4.99 Å². The Morgan fingerprint density at radius 3 is 2.82 bits per heavy atom. The summed E-state index contributed by atoms with van der Waals surface area (Å²) in [5, 5.41) is 3.69. The Kier molecular flexibility index (Phi) is 3.54. The molecule has 0 aromatic heterocycles. The van der Waals surface area contributed by atoms with Crippen LogP contribution in [-0.4, -0.2) is 23.5 Å². The van der Waals surface area contributed by atoms with Crippen molar-refractivity contribution < 1.29 is 0 Å². The summed E-state index contributed by atoms with van der Waals surface area (Å²) in [6.07, 6.45) is 8.99. The maximum atomic E-state index is 6.15. The van der Waals surface area contributed by atoms with E-state index in [9.17, 15) is 0 Å². The van der Waals surface area contributed by atoms with Crippen molar-refractivity contribution in [1.82, 2.24) is 5.32 Å². The molecule has 5 N–H and O–H groups in total. The second-order valence-electron chi connectivity index (χ2n) is 5.64. The number of hydrogen-bond acceptors (Lipinski definition) is 4. The van der Waals surface area contributed by atoms with Crippen LogP contribution in [0.3, 0.4) is 0 Å². The molecule has 1 saturated carbocycles. The summed E-state index contributed by atoms with van der Waals surface area (Å²) in [6.45, 7) is 4.42. The van der Waals surface area contributed by atoms with Crippen LogP contribution >= 0.6 is 0 Å². The molecular weight excluding hydrogens is 212 g/mol. The molecule has 0 amide bonds. The molecule has 2 aliphatic rings. The van der Waals surface area contributed by atoms with E-state index in [1.54, 1.807) is 6.20 Å². The zero-order valence-corrected chi connectivity index (χ0v) is 10.8. The number of hydrogen-bond donors (Lipinski definition) is 3. The summed E-state index contributed by atoms with van der Waals surface area (Å²) in [6, 6.07) is 0.303. The first-order valence-electron chi connectivity index (χ1n) is 6.57. The fraction of sp³-hybridized carbons (Fsp3) is 0.769. The van der Waals surface area contributed by atoms with Crippen LogP contribution in [0.5, 0.6) is 0 Å². The van der Waals surface area contributed by atoms with E-state index in [4.69, 9.17) is 11.5 Å². The number of nitrogens with zero attached hydrogens (tertiary/aromatic N) is 1. The smallest absolute Gasteiger partial charge is 0.118 e. The molecule has 2 rings (SSSR count). The van der Waals surface area contributed by atoms with Crippen LogP contribution in [0.1, 0.15) is 39.5 Å². The van der Waals surface area contributed by atoms with Crippen molar-refractivity contribution in [1.29, 1.82) is 0 Å². The van der Waals surface area contributed by atoms with Crippen molar-refractivity contribution in [2.75, 3.05) is 0 Å². The third-order valence-corrected chi connectivity index (χ3v) is 4.22. The molecule has 0 radical (unpaired) electrons. The van der Waals surface area contributed by atoms with Gasteiger partial charge in [0.05, 0.1) is 11.6 Å². The van der Waals surface area contributed by atoms with E-state index in [1.165, 1.54) is 25.7 Å². The lowest BCUT2D eigenvalue weighted by molar-refractivity contribution is 0.229. The third kappa shape index (κ3) is 2.53. The summed E-state index contributed by atoms with van der Waals surface area (Å²) in [4.78, 5) is 4.07. The Balaban J connectivity index is 2.06. The largest absolute Gasteiger partial charge is 0.386 e. The lowest BCUT2D eigenvalue weighted by atomic mass is 9.82. The SMILES string of the molecule is C[C@@H]1CCCC[C@@H]1NC1(C)C=CN=C(N)C1N. The number of amidine groups is 1. The first-order chi connectivity index (χ1) is 8.03. The maximum Gasteiger partial charge on any atom is 0.118 e. The highest BCUT2D eigenvalue weighted by molar-refractivity contribution is 5.88. The molecular formula is C13H24N4. The van der Waals surface area contributed by atoms with E-state index in [2.05, 4.69) is 24.2 Å². The van der Waals surface area contributed by atoms with E-state index in [-0.39, 0.29) is 11.6 Å². The molecule has 17 heavy (non-hydrogen) atoms. The van der Waals surface area contributed by atoms with Gasteiger partial charge >= 0.3 is 0 Å². The summed E-state index contributed by atoms with van der Waals surface area (Å²) in [7, 11) is 0. The summed E-state index contributed by atoms with van der Waals surface area (Å²) in [5.41, 5.74) is 11.7. The van der Waals surface area contributed by atoms with Crippen molar-refractivity contribution in [2.45, 2.75) is 57.2 Å². The summed E-state index contributed by atoms with van der Waals surface area (Å²) >= 11 is 0. The molecule has 1 fully saturated rings. The molecule has 0 aromatic carbocycles. The Morgan fingerprint density at radius 1 is 1.41 bits per heavy atom. The molecule has 4 nitrogen and oxygen atoms in total. The third-order valence-electron chi connectivity index (χ3n) is 4.22. The van der Waals surface area contributed by atoms with Gasteiger partial charge < -0.3 is 16.8 Å². The summed E-state index contributed by atoms with van der Waals surface area (Å²) < 4.78 is 0. The maximum absolute atomic E-state index is 6.15. The monoisotopic (exact) mass is 236 g/mol. The molecule has 1 heterocycles. The lowest BCUT2D eigenvalue weighted by Crippen LogP contribution is -2.64. The van der Waals surface area contributed by atoms with Crippen LogP contribution < -0.4 is 16.8 Å². The molecule has 96 valence electrons. The first-order valence-corrected chi connectivity index (χ1v) is 6.57. The highest BCUT2D eigenvalue weighted by Crippen LogP contribution is 2.27. The van der Waals surface area contributed by atoms with Crippen molar-refractivity contribution in [3.63, 3.8) is 0 Å². The Bertz CT molecular complexity index is 336. The number of aliphatic imine (C=N–C) groups is 1. The van der Waals surface area contributed by atoms with Gasteiger partial charge in [-0.2, -0.15) is 0 Å². The molecule has 4 heteroatoms. The average molecular weight is 236 g/mol. The van der Waals surface area contributed by atoms with Gasteiger partial charge in [-0.15, -0.1) is 0 Å². The Labute approximate surface area is 104 Å². The fourth-order valence-electron chi connectivity index (χ4n) is 2.84. The fourth-order valence-corrected chi connectivity index (χ4v) is 2.84. The van der Waals surface area contributed by atoms with E-state index in [1.807, 2.05) is 6.08 Å². The van der Waals surface area contributed by atoms with Crippen LogP contribution in [0.4, 0.5) is 0 Å². The number of rotatable bonds is 2. The Morgan fingerprint density at radius 2 is 2.12 bits per heavy atom. The Hall–Kier alpha value is -0.870. The van der Waals surface area contributed by atoms with Gasteiger partial charge in [-0.1, -0.05) is 19.8 Å². The van der Waals surface area contributed by atoms with Gasteiger partial charge in [-0.05, 0) is 31.8 Å². The topological polar surface area (TPSA) is 76.4 Å². The molecule has 1 aliphatic carbocycles. The van der Waals surface area contributed by atoms with Gasteiger partial charge in [0, 0.05) is 12.2 Å². The van der Waals surface area contributed by atoms with Crippen LogP contribution in [0, 0.1) is 5.92 Å². The van der Waals surface area contributed by atoms with E-state index < -0.39 is 0 Å². The number of nitrogens with one attached hydrogen (secondary N) is 1. The first kappa shape index (κ1) is 12.6. The van der Waals surface area contributed by atoms with Crippen molar-refractivity contribution in [2.24, 2.45) is 22.4 Å². The second-order valence-corrected chi connectivity index (χ2v) is 5.64. The summed E-state index contributed by atoms with van der Waals surface area (Å²) in [5.74, 6) is 1.23. The molecule has 1 aliphatic heterocycles. The standard InChI is InChI=1S/C13H24N4/c1-9-5-3-4-6-10(9)17-13(2)7-8-16-12(15)11(13)14/h7-11,17H,3-6,14H2,1-2H3,(H2,15,16)/t9-,10+,11?,13?/m1/s1. The van der Waals surface area contributed by atoms with Gasteiger partial charge in [0.2, 0.25) is 0 Å². The van der Waals surface area contributed by atoms with Crippen LogP contribution in [0.15, 0.2) is 17.3 Å². The predicted octanol–water partition coefficient (Wildman–Crippen LogP) is 1.13. The molecule has 4 atom stereocenters. The average Bonchev–Trinajstić information content (AvgIpc) is 2.29. The zero-order chi connectivity index (χ0) is 12.5. The van der Waals surface area contributed by atoms with Gasteiger partial charge in [0.15, 0.2) is 0 Å². The lowest BCUT2D eigenvalue weighted by Gasteiger charge is -2.41. The molecule has 0 bridgehead atoms. The number of nitrogens with two attached hydrogens (primary N) is 2. The second kappa shape index (κ2) is 4.78. The predicted molar refractivity (Wildman–Crippen MR) is 71.7 cm³/mol. The van der Waals surface area contributed by atoms with Crippen LogP contribution in [0.2, 0.25) is 0 Å². The van der Waals surface area contributed by atoms with E-state index >= 15 is 0 Å². The molecule has 2 unspecified atom stereocenters. The highest BCUT2D eigenvalue weighted by Gasteiger charge is 2.37. The van der Waals surface area contributed by atoms with E-state index in [0.717, 1.165) is 0 Å². The quantitative estimate of drug-likeness (QED) is 0.672. The minimum atomic E-state index is -0.262. The normalized spacial score (nSPS) is 42.3. The highest BCUT2D eigenvalue weighted by atomic mass is 15.1. The molecule has 0 spiro atoms. The molecule has 0 saturated heterocycles. The minimum Gasteiger partial charge on any atom is -0.386 e. The van der Waals surface area contributed by atoms with Gasteiger partial charge in [0.25, 0.3) is 0 Å². The van der Waals surface area contributed by atoms with Crippen molar-refractivity contribution in [3.05, 3.63) is 12.3 Å². The van der Waals surface area contributed by atoms with E-state index in [0.29, 0.717) is 17.8 Å². The zero-order valence-electron chi connectivity index (χ0n) is 10.8. The minimum absolute atomic E-state index is 0.235. The van der Waals surface area contributed by atoms with Crippen molar-refractivity contribution in [3.8, 4) is 0 Å².